The number of carbonyl (C=O) groups excluding carboxylic acids is 2. The van der Waals surface area contributed by atoms with Gasteiger partial charge in [-0.1, -0.05) is 0 Å². The number of amides is 2. The molecule has 2 atom stereocenters. The van der Waals surface area contributed by atoms with Gasteiger partial charge in [-0.3, -0.25) is 9.59 Å². The molecule has 0 spiro atoms. The van der Waals surface area contributed by atoms with E-state index in [1.165, 1.54) is 0 Å². The molecule has 1 aromatic heterocycles. The fourth-order valence-electron chi connectivity index (χ4n) is 3.00. The van der Waals surface area contributed by atoms with Gasteiger partial charge in [-0.05, 0) is 38.8 Å². The minimum atomic E-state index is -0.396. The minimum Gasteiger partial charge on any atom is -0.464 e. The Morgan fingerprint density at radius 3 is 2.79 bits per heavy atom. The van der Waals surface area contributed by atoms with Crippen molar-refractivity contribution in [3.05, 3.63) is 23.7 Å². The molecular formula is C14H18N2O3. The molecule has 2 fully saturated rings. The first-order valence-electron chi connectivity index (χ1n) is 6.74. The van der Waals surface area contributed by atoms with Crippen molar-refractivity contribution in [2.45, 2.75) is 45.3 Å². The van der Waals surface area contributed by atoms with Crippen LogP contribution in [0.4, 0.5) is 0 Å². The van der Waals surface area contributed by atoms with E-state index >= 15 is 0 Å². The standard InChI is InChI=1S/C14H18N2O3/c1-9-5-6-11(19-9)8-16-10(2)13(17)15-7-3-4-12(15)14(16)18/h5-6,10,12H,3-4,7-8H2,1-2H3. The molecule has 3 heterocycles. The van der Waals surface area contributed by atoms with Crippen LogP contribution in [0.25, 0.3) is 0 Å². The lowest BCUT2D eigenvalue weighted by Crippen LogP contribution is -2.61. The van der Waals surface area contributed by atoms with Crippen molar-refractivity contribution in [2.24, 2.45) is 0 Å². The molecule has 5 nitrogen and oxygen atoms in total. The Labute approximate surface area is 112 Å². The molecule has 2 aliphatic heterocycles. The molecule has 0 saturated carbocycles. The zero-order chi connectivity index (χ0) is 13.6. The van der Waals surface area contributed by atoms with Gasteiger partial charge in [0.25, 0.3) is 0 Å². The smallest absolute Gasteiger partial charge is 0.246 e. The second-order valence-corrected chi connectivity index (χ2v) is 5.34. The highest BCUT2D eigenvalue weighted by atomic mass is 16.3. The predicted octanol–water partition coefficient (Wildman–Crippen LogP) is 1.31. The number of fused-ring (bicyclic) bond motifs is 1. The molecule has 5 heteroatoms. The van der Waals surface area contributed by atoms with E-state index in [-0.39, 0.29) is 17.9 Å². The maximum atomic E-state index is 12.5. The first-order chi connectivity index (χ1) is 9.08. The first-order valence-corrected chi connectivity index (χ1v) is 6.74. The van der Waals surface area contributed by atoms with Crippen LogP contribution < -0.4 is 0 Å². The van der Waals surface area contributed by atoms with Crippen molar-refractivity contribution >= 4 is 11.8 Å². The summed E-state index contributed by atoms with van der Waals surface area (Å²) in [6.45, 7) is 4.76. The van der Waals surface area contributed by atoms with Crippen LogP contribution in [0.5, 0.6) is 0 Å². The highest BCUT2D eigenvalue weighted by molar-refractivity contribution is 5.97. The van der Waals surface area contributed by atoms with Gasteiger partial charge in [0.05, 0.1) is 6.54 Å². The van der Waals surface area contributed by atoms with E-state index in [9.17, 15) is 9.59 Å². The van der Waals surface area contributed by atoms with Crippen LogP contribution in [0, 0.1) is 6.92 Å². The summed E-state index contributed by atoms with van der Waals surface area (Å²) >= 11 is 0. The number of hydrogen-bond acceptors (Lipinski definition) is 3. The zero-order valence-electron chi connectivity index (χ0n) is 11.3. The van der Waals surface area contributed by atoms with Crippen molar-refractivity contribution in [3.63, 3.8) is 0 Å². The Balaban J connectivity index is 1.83. The van der Waals surface area contributed by atoms with Gasteiger partial charge in [-0.2, -0.15) is 0 Å². The van der Waals surface area contributed by atoms with Gasteiger partial charge in [-0.15, -0.1) is 0 Å². The van der Waals surface area contributed by atoms with E-state index in [2.05, 4.69) is 0 Å². The molecule has 0 radical (unpaired) electrons. The third-order valence-electron chi connectivity index (χ3n) is 4.05. The van der Waals surface area contributed by atoms with Gasteiger partial charge in [0.1, 0.15) is 23.6 Å². The van der Waals surface area contributed by atoms with Crippen LogP contribution in [0.15, 0.2) is 16.5 Å². The Kier molecular flexibility index (Phi) is 2.84. The highest BCUT2D eigenvalue weighted by Crippen LogP contribution is 2.28. The molecule has 2 unspecified atom stereocenters. The van der Waals surface area contributed by atoms with Crippen molar-refractivity contribution in [1.29, 1.82) is 0 Å². The molecule has 0 bridgehead atoms. The van der Waals surface area contributed by atoms with E-state index in [0.717, 1.165) is 24.4 Å². The maximum absolute atomic E-state index is 12.5. The van der Waals surface area contributed by atoms with Crippen LogP contribution in [0.1, 0.15) is 31.3 Å². The SMILES string of the molecule is Cc1ccc(CN2C(=O)C3CCCN3C(=O)C2C)o1. The topological polar surface area (TPSA) is 53.8 Å². The van der Waals surface area contributed by atoms with E-state index < -0.39 is 6.04 Å². The van der Waals surface area contributed by atoms with Crippen LogP contribution in [0.3, 0.4) is 0 Å². The van der Waals surface area contributed by atoms with Crippen molar-refractivity contribution in [3.8, 4) is 0 Å². The fourth-order valence-corrected chi connectivity index (χ4v) is 3.00. The Bertz CT molecular complexity index is 523. The van der Waals surface area contributed by atoms with E-state index in [1.807, 2.05) is 19.1 Å². The number of piperazine rings is 1. The third kappa shape index (κ3) is 1.93. The van der Waals surface area contributed by atoms with E-state index in [0.29, 0.717) is 13.1 Å². The zero-order valence-corrected chi connectivity index (χ0v) is 11.3. The van der Waals surface area contributed by atoms with Crippen molar-refractivity contribution in [1.82, 2.24) is 9.80 Å². The van der Waals surface area contributed by atoms with Gasteiger partial charge in [-0.25, -0.2) is 0 Å². The summed E-state index contributed by atoms with van der Waals surface area (Å²) in [7, 11) is 0. The van der Waals surface area contributed by atoms with Crippen molar-refractivity contribution in [2.75, 3.05) is 6.54 Å². The van der Waals surface area contributed by atoms with Crippen LogP contribution in [-0.2, 0) is 16.1 Å². The largest absolute Gasteiger partial charge is 0.464 e. The third-order valence-corrected chi connectivity index (χ3v) is 4.05. The summed E-state index contributed by atoms with van der Waals surface area (Å²) in [5.41, 5.74) is 0. The predicted molar refractivity (Wildman–Crippen MR) is 68.2 cm³/mol. The number of hydrogen-bond donors (Lipinski definition) is 0. The summed E-state index contributed by atoms with van der Waals surface area (Å²) in [5, 5.41) is 0. The number of carbonyl (C=O) groups is 2. The van der Waals surface area contributed by atoms with E-state index in [1.54, 1.807) is 16.7 Å². The molecule has 0 aliphatic carbocycles. The number of rotatable bonds is 2. The molecule has 3 rings (SSSR count). The average molecular weight is 262 g/mol. The molecule has 19 heavy (non-hydrogen) atoms. The first kappa shape index (κ1) is 12.3. The molecule has 0 aromatic carbocycles. The fraction of sp³-hybridized carbons (Fsp3) is 0.571. The molecule has 102 valence electrons. The molecule has 1 aromatic rings. The maximum Gasteiger partial charge on any atom is 0.246 e. The van der Waals surface area contributed by atoms with E-state index in [4.69, 9.17) is 4.42 Å². The molecule has 2 amide bonds. The second-order valence-electron chi connectivity index (χ2n) is 5.34. The minimum absolute atomic E-state index is 0.0543. The summed E-state index contributed by atoms with van der Waals surface area (Å²) in [4.78, 5) is 28.1. The van der Waals surface area contributed by atoms with Gasteiger partial charge in [0.2, 0.25) is 11.8 Å². The number of nitrogens with zero attached hydrogens (tertiary/aromatic N) is 2. The second kappa shape index (κ2) is 4.40. The van der Waals surface area contributed by atoms with Crippen molar-refractivity contribution < 1.29 is 14.0 Å². The lowest BCUT2D eigenvalue weighted by Gasteiger charge is -2.40. The normalized spacial score (nSPS) is 27.1. The number of aryl methyl sites for hydroxylation is 1. The molecule has 2 saturated heterocycles. The van der Waals surface area contributed by atoms with Crippen LogP contribution in [-0.4, -0.2) is 40.2 Å². The van der Waals surface area contributed by atoms with Crippen LogP contribution >= 0.6 is 0 Å². The highest BCUT2D eigenvalue weighted by Gasteiger charge is 2.45. The summed E-state index contributed by atoms with van der Waals surface area (Å²) < 4.78 is 5.51. The lowest BCUT2D eigenvalue weighted by molar-refractivity contribution is -0.159. The van der Waals surface area contributed by atoms with Crippen LogP contribution in [0.2, 0.25) is 0 Å². The monoisotopic (exact) mass is 262 g/mol. The molecule has 0 N–H and O–H groups in total. The molecule has 2 aliphatic rings. The number of furan rings is 1. The lowest BCUT2D eigenvalue weighted by atomic mass is 10.1. The summed E-state index contributed by atoms with van der Waals surface area (Å²) in [6.07, 6.45) is 1.70. The van der Waals surface area contributed by atoms with Gasteiger partial charge in [0, 0.05) is 6.54 Å². The Morgan fingerprint density at radius 1 is 1.32 bits per heavy atom. The van der Waals surface area contributed by atoms with Gasteiger partial charge < -0.3 is 14.2 Å². The van der Waals surface area contributed by atoms with Gasteiger partial charge in [0.15, 0.2) is 0 Å². The Hall–Kier alpha value is -1.78. The average Bonchev–Trinajstić information content (AvgIpc) is 3.01. The summed E-state index contributed by atoms with van der Waals surface area (Å²) in [5.74, 6) is 1.67. The quantitative estimate of drug-likeness (QED) is 0.807. The molecular weight excluding hydrogens is 244 g/mol. The Morgan fingerprint density at radius 2 is 2.11 bits per heavy atom. The summed E-state index contributed by atoms with van der Waals surface area (Å²) in [6, 6.07) is 3.09. The van der Waals surface area contributed by atoms with Gasteiger partial charge >= 0.3 is 0 Å².